The molecule has 0 aliphatic carbocycles. The van der Waals surface area contributed by atoms with Gasteiger partial charge in [-0.1, -0.05) is 66.2 Å². The molecule has 0 fully saturated rings. The Hall–Kier alpha value is -2.45. The smallest absolute Gasteiger partial charge is 0.195 e. The van der Waals surface area contributed by atoms with Crippen LogP contribution in [-0.2, 0) is 6.42 Å². The van der Waals surface area contributed by atoms with Gasteiger partial charge in [0.25, 0.3) is 0 Å². The molecule has 1 heterocycles. The quantitative estimate of drug-likeness (QED) is 0.445. The van der Waals surface area contributed by atoms with Crippen LogP contribution in [0.2, 0.25) is 0 Å². The Morgan fingerprint density at radius 3 is 2.43 bits per heavy atom. The lowest BCUT2D eigenvalue weighted by Crippen LogP contribution is -1.89. The summed E-state index contributed by atoms with van der Waals surface area (Å²) in [7, 11) is 0. The lowest BCUT2D eigenvalue weighted by Gasteiger charge is -1.97. The van der Waals surface area contributed by atoms with Crippen LogP contribution in [0.4, 0.5) is 0 Å². The maximum atomic E-state index is 12.3. The minimum absolute atomic E-state index is 0.0647. The van der Waals surface area contributed by atoms with Gasteiger partial charge in [-0.3, -0.25) is 4.79 Å². The van der Waals surface area contributed by atoms with Gasteiger partial charge >= 0.3 is 0 Å². The minimum atomic E-state index is 0.0647. The SMILES string of the molecule is Cc1ccc(/C=C/C(=O)c2ccc(Cc3ccccc3)s2)cc1. The van der Waals surface area contributed by atoms with Crippen LogP contribution in [0.1, 0.15) is 31.2 Å². The third-order valence-electron chi connectivity index (χ3n) is 3.63. The fourth-order valence-electron chi connectivity index (χ4n) is 2.33. The normalized spacial score (nSPS) is 11.0. The first kappa shape index (κ1) is 15.4. The Morgan fingerprint density at radius 2 is 1.70 bits per heavy atom. The first-order valence-electron chi connectivity index (χ1n) is 7.62. The second kappa shape index (κ2) is 7.21. The Morgan fingerprint density at radius 1 is 0.957 bits per heavy atom. The Balaban J connectivity index is 1.67. The number of allylic oxidation sites excluding steroid dienone is 1. The van der Waals surface area contributed by atoms with Gasteiger partial charge in [0.05, 0.1) is 4.88 Å². The van der Waals surface area contributed by atoms with E-state index in [1.807, 2.05) is 60.7 Å². The van der Waals surface area contributed by atoms with Crippen LogP contribution in [0.15, 0.2) is 72.8 Å². The van der Waals surface area contributed by atoms with E-state index in [-0.39, 0.29) is 5.78 Å². The van der Waals surface area contributed by atoms with Gasteiger partial charge in [0.1, 0.15) is 0 Å². The summed E-state index contributed by atoms with van der Waals surface area (Å²) in [4.78, 5) is 14.3. The van der Waals surface area contributed by atoms with Crippen molar-refractivity contribution in [2.45, 2.75) is 13.3 Å². The van der Waals surface area contributed by atoms with Crippen molar-refractivity contribution in [2.24, 2.45) is 0 Å². The molecular formula is C21H18OS. The van der Waals surface area contributed by atoms with E-state index >= 15 is 0 Å². The third kappa shape index (κ3) is 4.27. The molecule has 0 N–H and O–H groups in total. The van der Waals surface area contributed by atoms with Gasteiger partial charge in [0, 0.05) is 11.3 Å². The van der Waals surface area contributed by atoms with Crippen molar-refractivity contribution in [1.82, 2.24) is 0 Å². The van der Waals surface area contributed by atoms with Crippen LogP contribution < -0.4 is 0 Å². The molecule has 0 aliphatic heterocycles. The number of hydrogen-bond acceptors (Lipinski definition) is 2. The monoisotopic (exact) mass is 318 g/mol. The number of benzene rings is 2. The highest BCUT2D eigenvalue weighted by Crippen LogP contribution is 2.21. The predicted molar refractivity (Wildman–Crippen MR) is 98.1 cm³/mol. The Labute approximate surface area is 140 Å². The maximum Gasteiger partial charge on any atom is 0.195 e. The summed E-state index contributed by atoms with van der Waals surface area (Å²) in [5, 5.41) is 0. The summed E-state index contributed by atoms with van der Waals surface area (Å²) in [6, 6.07) is 22.4. The molecule has 0 atom stereocenters. The molecule has 2 aromatic carbocycles. The Bertz CT molecular complexity index is 811. The number of carbonyl (C=O) groups is 1. The van der Waals surface area contributed by atoms with Gasteiger partial charge < -0.3 is 0 Å². The number of aryl methyl sites for hydroxylation is 1. The van der Waals surface area contributed by atoms with E-state index in [4.69, 9.17) is 0 Å². The van der Waals surface area contributed by atoms with E-state index in [1.54, 1.807) is 17.4 Å². The van der Waals surface area contributed by atoms with E-state index in [2.05, 4.69) is 19.1 Å². The molecule has 0 saturated heterocycles. The summed E-state index contributed by atoms with van der Waals surface area (Å²) in [5.74, 6) is 0.0647. The average molecular weight is 318 g/mol. The van der Waals surface area contributed by atoms with Gasteiger partial charge in [-0.15, -0.1) is 11.3 Å². The lowest BCUT2D eigenvalue weighted by atomic mass is 10.1. The molecular weight excluding hydrogens is 300 g/mol. The summed E-state index contributed by atoms with van der Waals surface area (Å²) in [5.41, 5.74) is 3.53. The van der Waals surface area contributed by atoms with Crippen molar-refractivity contribution in [2.75, 3.05) is 0 Å². The summed E-state index contributed by atoms with van der Waals surface area (Å²) >= 11 is 1.57. The highest BCUT2D eigenvalue weighted by atomic mass is 32.1. The second-order valence-electron chi connectivity index (χ2n) is 5.54. The molecule has 3 rings (SSSR count). The number of rotatable bonds is 5. The molecule has 23 heavy (non-hydrogen) atoms. The van der Waals surface area contributed by atoms with Crippen LogP contribution in [0.5, 0.6) is 0 Å². The van der Waals surface area contributed by atoms with Crippen LogP contribution in [0.25, 0.3) is 6.08 Å². The second-order valence-corrected chi connectivity index (χ2v) is 6.70. The summed E-state index contributed by atoms with van der Waals surface area (Å²) in [6.45, 7) is 2.05. The molecule has 1 nitrogen and oxygen atoms in total. The minimum Gasteiger partial charge on any atom is -0.288 e. The Kier molecular flexibility index (Phi) is 4.84. The van der Waals surface area contributed by atoms with E-state index in [1.165, 1.54) is 16.0 Å². The first-order chi connectivity index (χ1) is 11.2. The maximum absolute atomic E-state index is 12.3. The topological polar surface area (TPSA) is 17.1 Å². The zero-order chi connectivity index (χ0) is 16.1. The van der Waals surface area contributed by atoms with E-state index < -0.39 is 0 Å². The van der Waals surface area contributed by atoms with Crippen LogP contribution in [-0.4, -0.2) is 5.78 Å². The van der Waals surface area contributed by atoms with Crippen molar-refractivity contribution in [1.29, 1.82) is 0 Å². The van der Waals surface area contributed by atoms with Gasteiger partial charge in [0.2, 0.25) is 0 Å². The fraction of sp³-hybridized carbons (Fsp3) is 0.0952. The molecule has 114 valence electrons. The molecule has 1 aromatic heterocycles. The molecule has 0 unspecified atom stereocenters. The number of carbonyl (C=O) groups excluding carboxylic acids is 1. The van der Waals surface area contributed by atoms with Crippen LogP contribution >= 0.6 is 11.3 Å². The van der Waals surface area contributed by atoms with Gasteiger partial charge in [-0.25, -0.2) is 0 Å². The van der Waals surface area contributed by atoms with Crippen molar-refractivity contribution in [3.05, 3.63) is 99.3 Å². The lowest BCUT2D eigenvalue weighted by molar-refractivity contribution is 0.105. The van der Waals surface area contributed by atoms with Crippen molar-refractivity contribution >= 4 is 23.2 Å². The molecule has 0 amide bonds. The fourth-order valence-corrected chi connectivity index (χ4v) is 3.30. The molecule has 0 saturated carbocycles. The third-order valence-corrected chi connectivity index (χ3v) is 4.73. The van der Waals surface area contributed by atoms with Crippen molar-refractivity contribution in [3.8, 4) is 0 Å². The zero-order valence-corrected chi connectivity index (χ0v) is 13.8. The molecule has 3 aromatic rings. The molecule has 2 heteroatoms. The number of hydrogen-bond donors (Lipinski definition) is 0. The van der Waals surface area contributed by atoms with Crippen LogP contribution in [0, 0.1) is 6.92 Å². The number of thiophene rings is 1. The molecule has 0 spiro atoms. The van der Waals surface area contributed by atoms with E-state index in [0.717, 1.165) is 16.9 Å². The molecule has 0 bridgehead atoms. The van der Waals surface area contributed by atoms with Gasteiger partial charge in [0.15, 0.2) is 5.78 Å². The standard InChI is InChI=1S/C21H18OS/c1-16-7-9-17(10-8-16)11-13-20(22)21-14-12-19(23-21)15-18-5-3-2-4-6-18/h2-14H,15H2,1H3/b13-11+. The van der Waals surface area contributed by atoms with Crippen molar-refractivity contribution in [3.63, 3.8) is 0 Å². The van der Waals surface area contributed by atoms with E-state index in [0.29, 0.717) is 0 Å². The average Bonchev–Trinajstić information content (AvgIpc) is 3.03. The highest BCUT2D eigenvalue weighted by Gasteiger charge is 2.07. The van der Waals surface area contributed by atoms with Crippen molar-refractivity contribution < 1.29 is 4.79 Å². The summed E-state index contributed by atoms with van der Waals surface area (Å²) in [6.07, 6.45) is 4.40. The van der Waals surface area contributed by atoms with E-state index in [9.17, 15) is 4.79 Å². The first-order valence-corrected chi connectivity index (χ1v) is 8.44. The highest BCUT2D eigenvalue weighted by molar-refractivity contribution is 7.14. The van der Waals surface area contributed by atoms with Gasteiger partial charge in [-0.05, 0) is 36.3 Å². The largest absolute Gasteiger partial charge is 0.288 e. The molecule has 0 aliphatic rings. The summed E-state index contributed by atoms with van der Waals surface area (Å²) < 4.78 is 0. The number of ketones is 1. The predicted octanol–water partition coefficient (Wildman–Crippen LogP) is 5.54. The van der Waals surface area contributed by atoms with Crippen LogP contribution in [0.3, 0.4) is 0 Å². The molecule has 0 radical (unpaired) electrons. The van der Waals surface area contributed by atoms with Gasteiger partial charge in [-0.2, -0.15) is 0 Å². The zero-order valence-electron chi connectivity index (χ0n) is 13.0.